The maximum Gasteiger partial charge on any atom is -0.000884 e. The number of benzene rings is 7. The fourth-order valence-corrected chi connectivity index (χ4v) is 11.3. The molecule has 0 saturated heterocycles. The van der Waals surface area contributed by atoms with Gasteiger partial charge in [-0.15, -0.1) is 0 Å². The molecular weight excluding hydrogens is 590 g/mol. The van der Waals surface area contributed by atoms with E-state index in [1.165, 1.54) is 53.7 Å². The van der Waals surface area contributed by atoms with Crippen LogP contribution in [0, 0.1) is 0 Å². The summed E-state index contributed by atoms with van der Waals surface area (Å²) in [6.07, 6.45) is 4.01. The molecule has 0 aliphatic carbocycles. The van der Waals surface area contributed by atoms with E-state index in [-0.39, 0.29) is 0 Å². The summed E-state index contributed by atoms with van der Waals surface area (Å²) in [4.78, 5) is 0. The van der Waals surface area contributed by atoms with E-state index in [0.717, 1.165) is 11.1 Å². The van der Waals surface area contributed by atoms with Crippen molar-refractivity contribution in [3.05, 3.63) is 194 Å². The molecule has 0 N–H and O–H groups in total. The topological polar surface area (TPSA) is 0 Å². The van der Waals surface area contributed by atoms with Crippen LogP contribution >= 0.6 is 15.8 Å². The monoisotopic (exact) mass is 624 g/mol. The SMILES string of the molecule is C=Cc1ccc(P(c2ccccc2)c2ccccc2)c(-c2c(P(c3ccccc3)c3ccccc3)ccc3ccccc23)c1C=C. The van der Waals surface area contributed by atoms with Crippen LogP contribution in [-0.4, -0.2) is 0 Å². The van der Waals surface area contributed by atoms with E-state index < -0.39 is 15.8 Å². The van der Waals surface area contributed by atoms with Crippen LogP contribution in [0.25, 0.3) is 34.1 Å². The summed E-state index contributed by atoms with van der Waals surface area (Å²) in [6, 6.07) is 62.1. The fraction of sp³-hybridized carbons (Fsp3) is 0. The highest BCUT2D eigenvalue weighted by Gasteiger charge is 2.28. The number of hydrogen-bond donors (Lipinski definition) is 0. The van der Waals surface area contributed by atoms with Gasteiger partial charge in [-0.3, -0.25) is 0 Å². The molecule has 0 aliphatic rings. The molecule has 0 bridgehead atoms. The Labute approximate surface area is 274 Å². The summed E-state index contributed by atoms with van der Waals surface area (Å²) in [5.74, 6) is 0. The van der Waals surface area contributed by atoms with Crippen molar-refractivity contribution in [2.75, 3.05) is 0 Å². The molecule has 220 valence electrons. The van der Waals surface area contributed by atoms with Gasteiger partial charge in [-0.1, -0.05) is 195 Å². The van der Waals surface area contributed by atoms with Crippen molar-refractivity contribution < 1.29 is 0 Å². The summed E-state index contributed by atoms with van der Waals surface area (Å²) < 4.78 is 0. The number of rotatable bonds is 9. The predicted molar refractivity (Wildman–Crippen MR) is 207 cm³/mol. The predicted octanol–water partition coefficient (Wildman–Crippen LogP) is 9.31. The summed E-state index contributed by atoms with van der Waals surface area (Å²) >= 11 is 0. The van der Waals surface area contributed by atoms with Gasteiger partial charge in [0.05, 0.1) is 0 Å². The van der Waals surface area contributed by atoms with Crippen molar-refractivity contribution in [1.29, 1.82) is 0 Å². The first-order valence-electron chi connectivity index (χ1n) is 15.5. The van der Waals surface area contributed by atoms with Crippen LogP contribution in [0.15, 0.2) is 183 Å². The summed E-state index contributed by atoms with van der Waals surface area (Å²) in [7, 11) is -1.79. The summed E-state index contributed by atoms with van der Waals surface area (Å²) in [5.41, 5.74) is 4.75. The Morgan fingerprint density at radius 1 is 0.370 bits per heavy atom. The molecule has 7 aromatic carbocycles. The molecule has 7 aromatic rings. The zero-order chi connectivity index (χ0) is 31.3. The second-order valence-corrected chi connectivity index (χ2v) is 15.4. The molecule has 0 atom stereocenters. The lowest BCUT2D eigenvalue weighted by Gasteiger charge is -2.29. The molecule has 0 fully saturated rings. The number of fused-ring (bicyclic) bond motifs is 1. The minimum Gasteiger partial charge on any atom is -0.0984 e. The van der Waals surface area contributed by atoms with Gasteiger partial charge in [-0.2, -0.15) is 0 Å². The Hall–Kier alpha value is -4.86. The first kappa shape index (κ1) is 29.8. The van der Waals surface area contributed by atoms with E-state index in [4.69, 9.17) is 0 Å². The second kappa shape index (κ2) is 13.6. The first-order valence-corrected chi connectivity index (χ1v) is 18.2. The molecule has 7 rings (SSSR count). The van der Waals surface area contributed by atoms with Crippen LogP contribution in [0.1, 0.15) is 11.1 Å². The molecule has 0 heterocycles. The Balaban J connectivity index is 1.64. The fourth-order valence-electron chi connectivity index (χ4n) is 6.34. The number of hydrogen-bond acceptors (Lipinski definition) is 0. The normalized spacial score (nSPS) is 11.2. The minimum atomic E-state index is -0.900. The third-order valence-corrected chi connectivity index (χ3v) is 13.3. The van der Waals surface area contributed by atoms with Crippen molar-refractivity contribution in [2.45, 2.75) is 0 Å². The molecular formula is C44H34P2. The van der Waals surface area contributed by atoms with Crippen molar-refractivity contribution in [1.82, 2.24) is 0 Å². The summed E-state index contributed by atoms with van der Waals surface area (Å²) in [6.45, 7) is 8.65. The lowest BCUT2D eigenvalue weighted by atomic mass is 9.91. The lowest BCUT2D eigenvalue weighted by Crippen LogP contribution is -2.26. The molecule has 0 unspecified atom stereocenters. The van der Waals surface area contributed by atoms with Gasteiger partial charge in [0.2, 0.25) is 0 Å². The maximum atomic E-state index is 4.41. The van der Waals surface area contributed by atoms with Crippen molar-refractivity contribution in [3.8, 4) is 11.1 Å². The van der Waals surface area contributed by atoms with Gasteiger partial charge in [0.1, 0.15) is 0 Å². The van der Waals surface area contributed by atoms with E-state index in [1.807, 2.05) is 12.2 Å². The van der Waals surface area contributed by atoms with Crippen LogP contribution in [0.5, 0.6) is 0 Å². The van der Waals surface area contributed by atoms with Gasteiger partial charge in [0.25, 0.3) is 0 Å². The van der Waals surface area contributed by atoms with Crippen LogP contribution in [0.3, 0.4) is 0 Å². The van der Waals surface area contributed by atoms with E-state index in [0.29, 0.717) is 0 Å². The molecule has 0 aliphatic heterocycles. The molecule has 0 nitrogen and oxygen atoms in total. The standard InChI is InChI=1S/C44H34P2/c1-3-33-29-31-41(45(35-20-9-5-10-21-35)36-22-11-6-12-23-36)43(39(33)4-2)44-40-28-18-17-19-34(40)30-32-42(44)46(37-24-13-7-14-25-37)38-26-15-8-16-27-38/h3-32H,1-2H2. The van der Waals surface area contributed by atoms with Crippen molar-refractivity contribution in [3.63, 3.8) is 0 Å². The largest absolute Gasteiger partial charge is 0.0984 e. The third-order valence-electron chi connectivity index (χ3n) is 8.38. The van der Waals surface area contributed by atoms with Gasteiger partial charge >= 0.3 is 0 Å². The van der Waals surface area contributed by atoms with Gasteiger partial charge in [-0.25, -0.2) is 0 Å². The highest BCUT2D eigenvalue weighted by atomic mass is 31.1. The molecule has 0 saturated carbocycles. The zero-order valence-electron chi connectivity index (χ0n) is 25.6. The summed E-state index contributed by atoms with van der Waals surface area (Å²) in [5, 5.41) is 10.4. The van der Waals surface area contributed by atoms with E-state index >= 15 is 0 Å². The second-order valence-electron chi connectivity index (χ2n) is 11.1. The van der Waals surface area contributed by atoms with Gasteiger partial charge in [0, 0.05) is 0 Å². The van der Waals surface area contributed by atoms with E-state index in [1.54, 1.807) is 0 Å². The highest BCUT2D eigenvalue weighted by Crippen LogP contribution is 2.45. The van der Waals surface area contributed by atoms with Crippen molar-refractivity contribution >= 4 is 70.6 Å². The van der Waals surface area contributed by atoms with Crippen LogP contribution in [-0.2, 0) is 0 Å². The molecule has 0 aromatic heterocycles. The lowest BCUT2D eigenvalue weighted by molar-refractivity contribution is 1.63. The Bertz CT molecular complexity index is 2040. The van der Waals surface area contributed by atoms with Crippen molar-refractivity contribution in [2.24, 2.45) is 0 Å². The highest BCUT2D eigenvalue weighted by molar-refractivity contribution is 7.80. The van der Waals surface area contributed by atoms with Crippen LogP contribution in [0.4, 0.5) is 0 Å². The smallest absolute Gasteiger partial charge is 0.000884 e. The molecule has 0 radical (unpaired) electrons. The van der Waals surface area contributed by atoms with Crippen LogP contribution in [0.2, 0.25) is 0 Å². The van der Waals surface area contributed by atoms with Crippen LogP contribution < -0.4 is 31.8 Å². The average Bonchev–Trinajstić information content (AvgIpc) is 3.13. The average molecular weight is 625 g/mol. The minimum absolute atomic E-state index is 0.888. The molecule has 46 heavy (non-hydrogen) atoms. The Morgan fingerprint density at radius 2 is 0.783 bits per heavy atom. The quantitative estimate of drug-likeness (QED) is 0.141. The van der Waals surface area contributed by atoms with Gasteiger partial charge in [-0.05, 0) is 80.7 Å². The Kier molecular flexibility index (Phi) is 8.85. The van der Waals surface area contributed by atoms with E-state index in [2.05, 4.69) is 183 Å². The molecule has 0 amide bonds. The Morgan fingerprint density at radius 3 is 1.24 bits per heavy atom. The first-order chi connectivity index (χ1) is 22.8. The van der Waals surface area contributed by atoms with Gasteiger partial charge in [0.15, 0.2) is 0 Å². The third kappa shape index (κ3) is 5.68. The molecule has 2 heteroatoms. The zero-order valence-corrected chi connectivity index (χ0v) is 27.4. The van der Waals surface area contributed by atoms with Gasteiger partial charge < -0.3 is 0 Å². The maximum absolute atomic E-state index is 4.41. The van der Waals surface area contributed by atoms with E-state index in [9.17, 15) is 0 Å². The molecule has 0 spiro atoms.